The maximum Gasteiger partial charge on any atom is 0.334 e. The molecule has 1 aliphatic heterocycles. The van der Waals surface area contributed by atoms with Crippen molar-refractivity contribution in [1.29, 1.82) is 0 Å². The molecule has 0 radical (unpaired) electrons. The van der Waals surface area contributed by atoms with Gasteiger partial charge in [0.25, 0.3) is 0 Å². The minimum atomic E-state index is -1.04. The van der Waals surface area contributed by atoms with Crippen molar-refractivity contribution in [3.05, 3.63) is 0 Å². The van der Waals surface area contributed by atoms with Gasteiger partial charge >= 0.3 is 5.97 Å². The quantitative estimate of drug-likeness (QED) is 0.715. The third-order valence-electron chi connectivity index (χ3n) is 2.89. The summed E-state index contributed by atoms with van der Waals surface area (Å²) in [5, 5.41) is 8.85. The van der Waals surface area contributed by atoms with E-state index >= 15 is 0 Å². The lowest BCUT2D eigenvalue weighted by Gasteiger charge is -2.36. The standard InChI is InChI=1S/C11H20N2O4/c1-3-4-11(2,12)10(16)13-5-6-17-8(7-13)9(14)15/h8H,3-7,12H2,1-2H3,(H,14,15). The summed E-state index contributed by atoms with van der Waals surface area (Å²) in [5.41, 5.74) is 5.02. The molecule has 1 amide bonds. The number of morpholine rings is 1. The summed E-state index contributed by atoms with van der Waals surface area (Å²) in [6.07, 6.45) is 0.456. The molecule has 3 N–H and O–H groups in total. The molecule has 1 saturated heterocycles. The summed E-state index contributed by atoms with van der Waals surface area (Å²) in [6, 6.07) is 0. The van der Waals surface area contributed by atoms with Crippen LogP contribution in [0.15, 0.2) is 0 Å². The highest BCUT2D eigenvalue weighted by Crippen LogP contribution is 2.15. The first kappa shape index (κ1) is 13.9. The van der Waals surface area contributed by atoms with Crippen molar-refractivity contribution in [3.8, 4) is 0 Å². The monoisotopic (exact) mass is 244 g/mol. The molecule has 0 saturated carbocycles. The van der Waals surface area contributed by atoms with E-state index in [0.717, 1.165) is 6.42 Å². The smallest absolute Gasteiger partial charge is 0.334 e. The third-order valence-corrected chi connectivity index (χ3v) is 2.89. The fourth-order valence-electron chi connectivity index (χ4n) is 1.97. The van der Waals surface area contributed by atoms with Crippen molar-refractivity contribution in [2.45, 2.75) is 38.3 Å². The summed E-state index contributed by atoms with van der Waals surface area (Å²) in [6.45, 7) is 4.36. The molecule has 1 heterocycles. The lowest BCUT2D eigenvalue weighted by atomic mass is 9.95. The van der Waals surface area contributed by atoms with Crippen LogP contribution in [0.4, 0.5) is 0 Å². The zero-order valence-corrected chi connectivity index (χ0v) is 10.3. The van der Waals surface area contributed by atoms with E-state index in [2.05, 4.69) is 0 Å². The van der Waals surface area contributed by atoms with E-state index in [1.807, 2.05) is 6.92 Å². The Kier molecular flexibility index (Phi) is 4.47. The third kappa shape index (κ3) is 3.41. The predicted octanol–water partition coefficient (Wildman–Crippen LogP) is -0.184. The van der Waals surface area contributed by atoms with E-state index in [4.69, 9.17) is 15.6 Å². The van der Waals surface area contributed by atoms with Gasteiger partial charge in [-0.15, -0.1) is 0 Å². The molecule has 0 aromatic heterocycles. The lowest BCUT2D eigenvalue weighted by molar-refractivity contribution is -0.161. The molecule has 1 fully saturated rings. The molecule has 1 aliphatic rings. The van der Waals surface area contributed by atoms with Gasteiger partial charge in [0.05, 0.1) is 18.7 Å². The largest absolute Gasteiger partial charge is 0.479 e. The molecule has 98 valence electrons. The average Bonchev–Trinajstić information content (AvgIpc) is 2.28. The Bertz CT molecular complexity index is 304. The number of hydrogen-bond acceptors (Lipinski definition) is 4. The number of amides is 1. The molecule has 0 spiro atoms. The minimum Gasteiger partial charge on any atom is -0.479 e. The Labute approximate surface area is 101 Å². The molecule has 6 heteroatoms. The van der Waals surface area contributed by atoms with E-state index in [1.54, 1.807) is 6.92 Å². The number of carboxylic acids is 1. The summed E-state index contributed by atoms with van der Waals surface area (Å²) >= 11 is 0. The van der Waals surface area contributed by atoms with Crippen LogP contribution in [0.25, 0.3) is 0 Å². The van der Waals surface area contributed by atoms with Gasteiger partial charge in [0, 0.05) is 6.54 Å². The zero-order chi connectivity index (χ0) is 13.1. The highest BCUT2D eigenvalue weighted by atomic mass is 16.5. The van der Waals surface area contributed by atoms with Crippen LogP contribution < -0.4 is 5.73 Å². The Balaban J connectivity index is 2.66. The fourth-order valence-corrected chi connectivity index (χ4v) is 1.97. The molecule has 0 aromatic carbocycles. The summed E-state index contributed by atoms with van der Waals surface area (Å²) in [7, 11) is 0. The number of carbonyl (C=O) groups excluding carboxylic acids is 1. The second kappa shape index (κ2) is 5.46. The van der Waals surface area contributed by atoms with Gasteiger partial charge in [-0.05, 0) is 13.3 Å². The van der Waals surface area contributed by atoms with Crippen molar-refractivity contribution in [2.24, 2.45) is 5.73 Å². The maximum atomic E-state index is 12.1. The van der Waals surface area contributed by atoms with Crippen molar-refractivity contribution in [2.75, 3.05) is 19.7 Å². The number of aliphatic carboxylic acids is 1. The molecule has 2 atom stereocenters. The van der Waals surface area contributed by atoms with Crippen molar-refractivity contribution < 1.29 is 19.4 Å². The van der Waals surface area contributed by atoms with E-state index in [9.17, 15) is 9.59 Å². The van der Waals surface area contributed by atoms with E-state index < -0.39 is 17.6 Å². The van der Waals surface area contributed by atoms with Crippen LogP contribution in [0, 0.1) is 0 Å². The van der Waals surface area contributed by atoms with Crippen molar-refractivity contribution in [1.82, 2.24) is 4.90 Å². The number of carboxylic acid groups (broad SMARTS) is 1. The molecule has 17 heavy (non-hydrogen) atoms. The minimum absolute atomic E-state index is 0.0741. The molecule has 0 aromatic rings. The first-order chi connectivity index (χ1) is 7.88. The lowest BCUT2D eigenvalue weighted by Crippen LogP contribution is -2.58. The molecule has 6 nitrogen and oxygen atoms in total. The van der Waals surface area contributed by atoms with Crippen LogP contribution in [-0.4, -0.2) is 53.2 Å². The second-order valence-electron chi connectivity index (χ2n) is 4.62. The van der Waals surface area contributed by atoms with E-state index in [-0.39, 0.29) is 19.1 Å². The summed E-state index contributed by atoms with van der Waals surface area (Å²) in [4.78, 5) is 24.4. The SMILES string of the molecule is CCCC(C)(N)C(=O)N1CCOC(C(=O)O)C1. The Hall–Kier alpha value is -1.14. The zero-order valence-electron chi connectivity index (χ0n) is 10.3. The van der Waals surface area contributed by atoms with Gasteiger partial charge in [-0.1, -0.05) is 13.3 Å². The highest BCUT2D eigenvalue weighted by Gasteiger charge is 2.36. The fraction of sp³-hybridized carbons (Fsp3) is 0.818. The van der Waals surface area contributed by atoms with Gasteiger partial charge in [0.2, 0.25) is 5.91 Å². The molecule has 0 bridgehead atoms. The van der Waals surface area contributed by atoms with Crippen LogP contribution in [0.2, 0.25) is 0 Å². The van der Waals surface area contributed by atoms with Gasteiger partial charge in [-0.25, -0.2) is 4.79 Å². The normalized spacial score (nSPS) is 24.2. The average molecular weight is 244 g/mol. The first-order valence-electron chi connectivity index (χ1n) is 5.81. The number of ether oxygens (including phenoxy) is 1. The van der Waals surface area contributed by atoms with Gasteiger partial charge in [-0.2, -0.15) is 0 Å². The van der Waals surface area contributed by atoms with Gasteiger partial charge in [0.1, 0.15) is 0 Å². The molecule has 0 aliphatic carbocycles. The molecule has 2 unspecified atom stereocenters. The summed E-state index contributed by atoms with van der Waals surface area (Å²) in [5.74, 6) is -1.24. The van der Waals surface area contributed by atoms with Gasteiger partial charge in [-0.3, -0.25) is 4.79 Å². The van der Waals surface area contributed by atoms with Gasteiger partial charge in [0.15, 0.2) is 6.10 Å². The van der Waals surface area contributed by atoms with Crippen molar-refractivity contribution >= 4 is 11.9 Å². The predicted molar refractivity (Wildman–Crippen MR) is 61.5 cm³/mol. The van der Waals surface area contributed by atoms with Crippen molar-refractivity contribution in [3.63, 3.8) is 0 Å². The summed E-state index contributed by atoms with van der Waals surface area (Å²) < 4.78 is 5.06. The first-order valence-corrected chi connectivity index (χ1v) is 5.81. The van der Waals surface area contributed by atoms with E-state index in [0.29, 0.717) is 13.0 Å². The number of nitrogens with two attached hydrogens (primary N) is 1. The second-order valence-corrected chi connectivity index (χ2v) is 4.62. The number of hydrogen-bond donors (Lipinski definition) is 2. The van der Waals surface area contributed by atoms with Crippen LogP contribution in [-0.2, 0) is 14.3 Å². The highest BCUT2D eigenvalue weighted by molar-refractivity contribution is 5.86. The van der Waals surface area contributed by atoms with E-state index in [1.165, 1.54) is 4.90 Å². The Morgan fingerprint density at radius 2 is 2.24 bits per heavy atom. The van der Waals surface area contributed by atoms with Gasteiger partial charge < -0.3 is 20.5 Å². The van der Waals surface area contributed by atoms with Crippen LogP contribution in [0.3, 0.4) is 0 Å². The number of carbonyl (C=O) groups is 2. The maximum absolute atomic E-state index is 12.1. The Morgan fingerprint density at radius 1 is 1.59 bits per heavy atom. The molecule has 1 rings (SSSR count). The molecular weight excluding hydrogens is 224 g/mol. The number of nitrogens with zero attached hydrogens (tertiary/aromatic N) is 1. The topological polar surface area (TPSA) is 92.9 Å². The van der Waals surface area contributed by atoms with Crippen LogP contribution >= 0.6 is 0 Å². The molecular formula is C11H20N2O4. The van der Waals surface area contributed by atoms with Crippen LogP contribution in [0.5, 0.6) is 0 Å². The number of rotatable bonds is 4. The Morgan fingerprint density at radius 3 is 2.76 bits per heavy atom. The van der Waals surface area contributed by atoms with Crippen LogP contribution in [0.1, 0.15) is 26.7 Å².